The molecule has 0 N–H and O–H groups in total. The van der Waals surface area contributed by atoms with Crippen LogP contribution in [0.15, 0.2) is 256 Å². The molecule has 0 aliphatic carbocycles. The third-order valence-corrected chi connectivity index (χ3v) is 12.5. The Bertz CT molecular complexity index is 3480. The molecule has 8 rings (SSSR count). The van der Waals surface area contributed by atoms with E-state index in [1.54, 1.807) is 36.4 Å². The van der Waals surface area contributed by atoms with Gasteiger partial charge in [0.05, 0.1) is 0 Å². The highest BCUT2D eigenvalue weighted by Crippen LogP contribution is 2.34. The van der Waals surface area contributed by atoms with Gasteiger partial charge in [-0.05, 0) is 159 Å². The molecule has 0 aliphatic heterocycles. The molecule has 0 amide bonds. The van der Waals surface area contributed by atoms with Crippen LogP contribution < -0.4 is 0 Å². The largest absolute Gasteiger partial charge is 0.289 e. The van der Waals surface area contributed by atoms with Crippen molar-refractivity contribution in [2.45, 2.75) is 34.6 Å². The summed E-state index contributed by atoms with van der Waals surface area (Å²) in [5.74, 6) is -0.685. The second-order valence-electron chi connectivity index (χ2n) is 17.2. The zero-order valence-electron chi connectivity index (χ0n) is 42.4. The van der Waals surface area contributed by atoms with Crippen LogP contribution in [0.25, 0.3) is 44.5 Å². The number of rotatable bonds is 17. The van der Waals surface area contributed by atoms with Crippen molar-refractivity contribution < 1.29 is 14.4 Å². The highest BCUT2D eigenvalue weighted by atomic mass is 16.1. The Kier molecular flexibility index (Phi) is 17.5. The van der Waals surface area contributed by atoms with E-state index in [0.29, 0.717) is 61.2 Å². The van der Waals surface area contributed by atoms with Crippen LogP contribution in [-0.4, -0.2) is 17.3 Å². The fourth-order valence-electron chi connectivity index (χ4n) is 8.77. The third kappa shape index (κ3) is 12.3. The van der Waals surface area contributed by atoms with Gasteiger partial charge in [-0.1, -0.05) is 210 Å². The zero-order chi connectivity index (χ0) is 51.9. The fourth-order valence-corrected chi connectivity index (χ4v) is 8.77. The minimum atomic E-state index is -0.247. The molecule has 0 saturated heterocycles. The molecule has 0 heterocycles. The van der Waals surface area contributed by atoms with Crippen molar-refractivity contribution in [3.63, 3.8) is 0 Å². The molecule has 8 aromatic rings. The number of hydrogen-bond acceptors (Lipinski definition) is 3. The maximum Gasteiger partial charge on any atom is 0.193 e. The Labute approximate surface area is 432 Å². The highest BCUT2D eigenvalue weighted by molar-refractivity contribution is 6.15. The van der Waals surface area contributed by atoms with E-state index in [1.165, 1.54) is 0 Å². The second kappa shape index (κ2) is 24.7. The van der Waals surface area contributed by atoms with Gasteiger partial charge in [-0.25, -0.2) is 0 Å². The van der Waals surface area contributed by atoms with Gasteiger partial charge in [0.25, 0.3) is 0 Å². The summed E-state index contributed by atoms with van der Waals surface area (Å²) >= 11 is 0. The molecule has 3 heteroatoms. The summed E-state index contributed by atoms with van der Waals surface area (Å²) in [6.07, 6.45) is 13.6. The topological polar surface area (TPSA) is 51.2 Å². The molecule has 0 unspecified atom stereocenters. The average molecular weight is 949 g/mol. The quantitative estimate of drug-likeness (QED) is 0.0675. The molecule has 0 radical (unpaired) electrons. The number of hydrogen-bond donors (Lipinski definition) is 0. The van der Waals surface area contributed by atoms with Gasteiger partial charge in [-0.3, -0.25) is 14.4 Å². The Balaban J connectivity index is 0.00000385. The van der Waals surface area contributed by atoms with Crippen molar-refractivity contribution in [3.8, 4) is 22.3 Å². The normalized spacial score (nSPS) is 11.5. The predicted molar refractivity (Wildman–Crippen MR) is 309 cm³/mol. The molecular formula is C70H60O3. The smallest absolute Gasteiger partial charge is 0.193 e. The van der Waals surface area contributed by atoms with E-state index in [2.05, 4.69) is 44.0 Å². The van der Waals surface area contributed by atoms with Crippen LogP contribution in [-0.2, 0) is 0 Å². The first kappa shape index (κ1) is 51.8. The molecule has 8 aromatic carbocycles. The monoisotopic (exact) mass is 948 g/mol. The molecule has 0 aliphatic rings. The van der Waals surface area contributed by atoms with E-state index >= 15 is 0 Å². The minimum absolute atomic E-state index is 0.191. The summed E-state index contributed by atoms with van der Waals surface area (Å²) < 4.78 is 0. The highest BCUT2D eigenvalue weighted by Gasteiger charge is 2.21. The van der Waals surface area contributed by atoms with Crippen molar-refractivity contribution in [1.82, 2.24) is 0 Å². The van der Waals surface area contributed by atoms with Gasteiger partial charge in [-0.2, -0.15) is 0 Å². The molecule has 358 valence electrons. The zero-order valence-corrected chi connectivity index (χ0v) is 42.4. The lowest BCUT2D eigenvalue weighted by molar-refractivity contribution is 0.102. The van der Waals surface area contributed by atoms with Gasteiger partial charge in [0.15, 0.2) is 17.3 Å². The van der Waals surface area contributed by atoms with E-state index in [9.17, 15) is 14.4 Å². The first-order valence-electron chi connectivity index (χ1n) is 24.7. The number of benzene rings is 8. The van der Waals surface area contributed by atoms with Crippen molar-refractivity contribution in [2.24, 2.45) is 0 Å². The van der Waals surface area contributed by atoms with Gasteiger partial charge in [0.2, 0.25) is 0 Å². The fraction of sp³-hybridized carbons (Fsp3) is 0.0714. The first-order valence-corrected chi connectivity index (χ1v) is 24.7. The van der Waals surface area contributed by atoms with Gasteiger partial charge in [0, 0.05) is 33.4 Å². The van der Waals surface area contributed by atoms with Crippen LogP contribution in [0.3, 0.4) is 0 Å². The maximum absolute atomic E-state index is 14.9. The molecule has 0 fully saturated rings. The number of allylic oxidation sites excluding steroid dienone is 9. The molecule has 73 heavy (non-hydrogen) atoms. The second-order valence-corrected chi connectivity index (χ2v) is 17.2. The number of ketones is 3. The number of carbonyl (C=O) groups excluding carboxylic acids is 3. The lowest BCUT2D eigenvalue weighted by Crippen LogP contribution is -2.08. The van der Waals surface area contributed by atoms with E-state index in [4.69, 9.17) is 0 Å². The van der Waals surface area contributed by atoms with Crippen LogP contribution in [0.2, 0.25) is 0 Å². The summed E-state index contributed by atoms with van der Waals surface area (Å²) in [4.78, 5) is 44.4. The molecule has 0 bridgehead atoms. The van der Waals surface area contributed by atoms with Crippen molar-refractivity contribution in [3.05, 3.63) is 323 Å². The SMILES string of the molecule is C=C/C=C(\C=C/C)c1cccc(C(=O)c2cc(C(=C)c3cc(C(=O)c4cccc(C(/C=C\C)=C/C)c4)cc(C(=O)c4cccc(-c5ccccc5)c4)c3)cc(C(=C)c3cccc(-c4ccccc4)c3)c2)c1.CC. The molecule has 3 nitrogen and oxygen atoms in total. The molecule has 0 atom stereocenters. The Morgan fingerprint density at radius 2 is 0.658 bits per heavy atom. The Morgan fingerprint density at radius 1 is 0.342 bits per heavy atom. The molecular weight excluding hydrogens is 889 g/mol. The van der Waals surface area contributed by atoms with Crippen LogP contribution in [0, 0.1) is 0 Å². The van der Waals surface area contributed by atoms with E-state index in [-0.39, 0.29) is 17.3 Å². The third-order valence-electron chi connectivity index (χ3n) is 12.5. The number of carbonyl (C=O) groups is 3. The Hall–Kier alpha value is -9.05. The van der Waals surface area contributed by atoms with E-state index < -0.39 is 0 Å². The van der Waals surface area contributed by atoms with Crippen LogP contribution in [0.1, 0.15) is 116 Å². The van der Waals surface area contributed by atoms with Gasteiger partial charge in [0.1, 0.15) is 0 Å². The minimum Gasteiger partial charge on any atom is -0.289 e. The van der Waals surface area contributed by atoms with Crippen LogP contribution in [0.4, 0.5) is 0 Å². The van der Waals surface area contributed by atoms with Gasteiger partial charge in [-0.15, -0.1) is 0 Å². The van der Waals surface area contributed by atoms with Crippen LogP contribution >= 0.6 is 0 Å². The summed E-state index contributed by atoms with van der Waals surface area (Å²) in [5.41, 5.74) is 14.2. The molecule has 0 saturated carbocycles. The summed E-state index contributed by atoms with van der Waals surface area (Å²) in [5, 5.41) is 0. The lowest BCUT2D eigenvalue weighted by Gasteiger charge is -2.16. The molecule has 0 aromatic heterocycles. The van der Waals surface area contributed by atoms with Crippen molar-refractivity contribution in [2.75, 3.05) is 0 Å². The Morgan fingerprint density at radius 3 is 1.10 bits per heavy atom. The molecule has 0 spiro atoms. The van der Waals surface area contributed by atoms with Gasteiger partial charge >= 0.3 is 0 Å². The summed E-state index contributed by atoms with van der Waals surface area (Å²) in [7, 11) is 0. The maximum atomic E-state index is 14.9. The van der Waals surface area contributed by atoms with E-state index in [1.807, 2.05) is 211 Å². The van der Waals surface area contributed by atoms with E-state index in [0.717, 1.165) is 50.1 Å². The predicted octanol–water partition coefficient (Wildman–Crippen LogP) is 18.0. The summed E-state index contributed by atoms with van der Waals surface area (Å²) in [6.45, 7) is 23.0. The standard InChI is InChI=1S/C68H54O3.C2H6/c1-7-21-48(10-4)53-29-18-33-57(37-53)67(70)64-43-62(44-65(45-64)68(71)59-35-20-32-56(39-59)51-26-15-12-16-27-51)47(6)61-40-60(46(5)52-28-17-30-54(36-52)50-24-13-11-14-25-50)41-63(42-61)66(69)58-34-19-31-55(38-58)49(22-8-2)23-9-3;1-2/h7-45H,2,5-6H2,1,3-4H3;1-2H3/b21-7-,23-9-,48-10+,49-22+;. The average Bonchev–Trinajstić information content (AvgIpc) is 3.46. The lowest BCUT2D eigenvalue weighted by atomic mass is 9.87. The van der Waals surface area contributed by atoms with Crippen LogP contribution in [0.5, 0.6) is 0 Å². The van der Waals surface area contributed by atoms with Crippen molar-refractivity contribution in [1.29, 1.82) is 0 Å². The van der Waals surface area contributed by atoms with Gasteiger partial charge < -0.3 is 0 Å². The van der Waals surface area contributed by atoms with Crippen molar-refractivity contribution >= 4 is 39.6 Å². The summed E-state index contributed by atoms with van der Waals surface area (Å²) in [6, 6.07) is 61.8. The first-order chi connectivity index (χ1) is 35.6.